The van der Waals surface area contributed by atoms with Crippen LogP contribution in [0.4, 0.5) is 5.82 Å². The van der Waals surface area contributed by atoms with Crippen molar-refractivity contribution in [3.05, 3.63) is 39.9 Å². The van der Waals surface area contributed by atoms with Gasteiger partial charge in [0.05, 0.1) is 11.6 Å². The first-order valence-corrected chi connectivity index (χ1v) is 9.25. The maximum Gasteiger partial charge on any atom is 0.289 e. The molecule has 1 fully saturated rings. The summed E-state index contributed by atoms with van der Waals surface area (Å²) in [6, 6.07) is 3.42. The summed E-state index contributed by atoms with van der Waals surface area (Å²) in [5.41, 5.74) is 1.20. The minimum absolute atomic E-state index is 0.0712. The average Bonchev–Trinajstić information content (AvgIpc) is 3.23. The molecule has 0 spiro atoms. The molecule has 1 amide bonds. The number of nitrogens with zero attached hydrogens (tertiary/aromatic N) is 4. The Hall–Kier alpha value is -2.12. The molecular weight excluding hydrogens is 360 g/mol. The fraction of sp³-hybridized carbons (Fsp3) is 0.353. The third-order valence-electron chi connectivity index (χ3n) is 4.58. The Morgan fingerprint density at radius 2 is 2.00 bits per heavy atom. The highest BCUT2D eigenvalue weighted by molar-refractivity contribution is 7.18. The van der Waals surface area contributed by atoms with Gasteiger partial charge in [0.15, 0.2) is 5.76 Å². The zero-order valence-corrected chi connectivity index (χ0v) is 15.5. The van der Waals surface area contributed by atoms with Crippen LogP contribution in [0.25, 0.3) is 10.2 Å². The standard InChI is InChI=1S/C17H17ClN4O2S/c1-10-11(2)25-15-13(10)14(19-17(18)20-15)21-5-7-22(8-6-21)16(23)12-4-3-9-24-12/h3-4,9H,5-8H2,1-2H3. The molecule has 0 aliphatic carbocycles. The minimum Gasteiger partial charge on any atom is -0.459 e. The number of hydrogen-bond acceptors (Lipinski definition) is 6. The Morgan fingerprint density at radius 3 is 2.68 bits per heavy atom. The highest BCUT2D eigenvalue weighted by Crippen LogP contribution is 2.36. The topological polar surface area (TPSA) is 62.5 Å². The van der Waals surface area contributed by atoms with E-state index in [-0.39, 0.29) is 11.2 Å². The van der Waals surface area contributed by atoms with E-state index in [0.717, 1.165) is 16.0 Å². The smallest absolute Gasteiger partial charge is 0.289 e. The summed E-state index contributed by atoms with van der Waals surface area (Å²) in [7, 11) is 0. The van der Waals surface area contributed by atoms with Gasteiger partial charge in [0, 0.05) is 31.1 Å². The largest absolute Gasteiger partial charge is 0.459 e. The van der Waals surface area contributed by atoms with Crippen molar-refractivity contribution in [3.8, 4) is 0 Å². The van der Waals surface area contributed by atoms with Crippen LogP contribution in [0.15, 0.2) is 22.8 Å². The first-order valence-electron chi connectivity index (χ1n) is 8.05. The lowest BCUT2D eigenvalue weighted by atomic mass is 10.2. The van der Waals surface area contributed by atoms with Crippen molar-refractivity contribution in [1.82, 2.24) is 14.9 Å². The van der Waals surface area contributed by atoms with Crippen molar-refractivity contribution in [2.24, 2.45) is 0 Å². The molecular formula is C17H17ClN4O2S. The van der Waals surface area contributed by atoms with Crippen molar-refractivity contribution in [1.29, 1.82) is 0 Å². The molecule has 1 saturated heterocycles. The molecule has 130 valence electrons. The Morgan fingerprint density at radius 1 is 1.24 bits per heavy atom. The first-order chi connectivity index (χ1) is 12.0. The van der Waals surface area contributed by atoms with Gasteiger partial charge in [-0.25, -0.2) is 4.98 Å². The van der Waals surface area contributed by atoms with Gasteiger partial charge in [-0.1, -0.05) is 0 Å². The van der Waals surface area contributed by atoms with Gasteiger partial charge >= 0.3 is 0 Å². The number of aryl methyl sites for hydroxylation is 2. The van der Waals surface area contributed by atoms with Gasteiger partial charge < -0.3 is 14.2 Å². The van der Waals surface area contributed by atoms with Crippen LogP contribution in [-0.2, 0) is 0 Å². The molecule has 0 radical (unpaired) electrons. The predicted octanol–water partition coefficient (Wildman–Crippen LogP) is 3.52. The maximum atomic E-state index is 12.4. The summed E-state index contributed by atoms with van der Waals surface area (Å²) < 4.78 is 5.21. The van der Waals surface area contributed by atoms with E-state index in [1.54, 1.807) is 28.4 Å². The van der Waals surface area contributed by atoms with E-state index in [1.165, 1.54) is 16.7 Å². The molecule has 3 aromatic rings. The van der Waals surface area contributed by atoms with E-state index in [4.69, 9.17) is 16.0 Å². The number of thiophene rings is 1. The number of carbonyl (C=O) groups is 1. The van der Waals surface area contributed by atoms with Crippen LogP contribution < -0.4 is 4.90 Å². The number of piperazine rings is 1. The number of anilines is 1. The third-order valence-corrected chi connectivity index (χ3v) is 5.85. The fourth-order valence-electron chi connectivity index (χ4n) is 3.11. The molecule has 8 heteroatoms. The van der Waals surface area contributed by atoms with Crippen molar-refractivity contribution in [3.63, 3.8) is 0 Å². The van der Waals surface area contributed by atoms with Crippen molar-refractivity contribution in [2.75, 3.05) is 31.1 Å². The van der Waals surface area contributed by atoms with Gasteiger partial charge in [-0.2, -0.15) is 4.98 Å². The number of fused-ring (bicyclic) bond motifs is 1. The second kappa shape index (κ2) is 6.31. The van der Waals surface area contributed by atoms with Crippen LogP contribution in [0.5, 0.6) is 0 Å². The molecule has 6 nitrogen and oxygen atoms in total. The molecule has 0 unspecified atom stereocenters. The van der Waals surface area contributed by atoms with E-state index in [2.05, 4.69) is 28.7 Å². The number of hydrogen-bond donors (Lipinski definition) is 0. The van der Waals surface area contributed by atoms with Crippen LogP contribution >= 0.6 is 22.9 Å². The van der Waals surface area contributed by atoms with E-state index in [0.29, 0.717) is 31.9 Å². The second-order valence-corrected chi connectivity index (χ2v) is 7.58. The zero-order valence-electron chi connectivity index (χ0n) is 14.0. The van der Waals surface area contributed by atoms with Crippen molar-refractivity contribution < 1.29 is 9.21 Å². The molecule has 0 atom stereocenters. The fourth-order valence-corrected chi connectivity index (χ4v) is 4.35. The van der Waals surface area contributed by atoms with Crippen LogP contribution in [0.1, 0.15) is 21.0 Å². The zero-order chi connectivity index (χ0) is 17.6. The predicted molar refractivity (Wildman–Crippen MR) is 98.7 cm³/mol. The second-order valence-electron chi connectivity index (χ2n) is 6.04. The molecule has 0 aromatic carbocycles. The van der Waals surface area contributed by atoms with Gasteiger partial charge in [0.2, 0.25) is 5.28 Å². The number of halogens is 1. The van der Waals surface area contributed by atoms with E-state index < -0.39 is 0 Å². The summed E-state index contributed by atoms with van der Waals surface area (Å²) in [4.78, 5) is 27.4. The first kappa shape index (κ1) is 16.4. The van der Waals surface area contributed by atoms with Gasteiger partial charge in [-0.15, -0.1) is 11.3 Å². The lowest BCUT2D eigenvalue weighted by Gasteiger charge is -2.35. The highest BCUT2D eigenvalue weighted by Gasteiger charge is 2.26. The molecule has 4 heterocycles. The number of furan rings is 1. The molecule has 4 rings (SSSR count). The molecule has 1 aliphatic heterocycles. The van der Waals surface area contributed by atoms with Gasteiger partial charge in [0.25, 0.3) is 5.91 Å². The van der Waals surface area contributed by atoms with Crippen LogP contribution in [0, 0.1) is 13.8 Å². The summed E-state index contributed by atoms with van der Waals surface area (Å²) in [5, 5.41) is 1.33. The summed E-state index contributed by atoms with van der Waals surface area (Å²) in [6.45, 7) is 6.80. The lowest BCUT2D eigenvalue weighted by Crippen LogP contribution is -2.49. The van der Waals surface area contributed by atoms with E-state index >= 15 is 0 Å². The Labute approximate surface area is 154 Å². The number of amides is 1. The van der Waals surface area contributed by atoms with E-state index in [9.17, 15) is 4.79 Å². The lowest BCUT2D eigenvalue weighted by molar-refractivity contribution is 0.0714. The maximum absolute atomic E-state index is 12.4. The summed E-state index contributed by atoms with van der Waals surface area (Å²) in [5.74, 6) is 1.17. The third kappa shape index (κ3) is 2.87. The molecule has 0 N–H and O–H groups in total. The van der Waals surface area contributed by atoms with E-state index in [1.807, 2.05) is 0 Å². The monoisotopic (exact) mass is 376 g/mol. The number of carbonyl (C=O) groups excluding carboxylic acids is 1. The molecule has 25 heavy (non-hydrogen) atoms. The number of aromatic nitrogens is 2. The molecule has 0 saturated carbocycles. The Kier molecular flexibility index (Phi) is 4.13. The minimum atomic E-state index is -0.0712. The molecule has 3 aromatic heterocycles. The Bertz CT molecular complexity index is 930. The van der Waals surface area contributed by atoms with Crippen LogP contribution in [-0.4, -0.2) is 47.0 Å². The van der Waals surface area contributed by atoms with Crippen LogP contribution in [0.2, 0.25) is 5.28 Å². The quantitative estimate of drug-likeness (QED) is 0.640. The Balaban J connectivity index is 1.59. The molecule has 1 aliphatic rings. The van der Waals surface area contributed by atoms with Gasteiger partial charge in [-0.05, 0) is 43.1 Å². The number of rotatable bonds is 2. The van der Waals surface area contributed by atoms with Gasteiger partial charge in [0.1, 0.15) is 10.6 Å². The van der Waals surface area contributed by atoms with Crippen LogP contribution in [0.3, 0.4) is 0 Å². The summed E-state index contributed by atoms with van der Waals surface area (Å²) in [6.07, 6.45) is 1.52. The average molecular weight is 377 g/mol. The molecule has 0 bridgehead atoms. The van der Waals surface area contributed by atoms with Gasteiger partial charge in [-0.3, -0.25) is 4.79 Å². The normalized spacial score (nSPS) is 15.2. The SMILES string of the molecule is Cc1sc2nc(Cl)nc(N3CCN(C(=O)c4ccco4)CC3)c2c1C. The highest BCUT2D eigenvalue weighted by atomic mass is 35.5. The van der Waals surface area contributed by atoms with Crippen molar-refractivity contribution in [2.45, 2.75) is 13.8 Å². The summed E-state index contributed by atoms with van der Waals surface area (Å²) >= 11 is 7.77. The van der Waals surface area contributed by atoms with Crippen molar-refractivity contribution >= 4 is 44.9 Å².